The maximum Gasteiger partial charge on any atom is 0.220 e. The van der Waals surface area contributed by atoms with Crippen molar-refractivity contribution in [2.75, 3.05) is 20.2 Å². The van der Waals surface area contributed by atoms with E-state index in [9.17, 15) is 4.79 Å². The van der Waals surface area contributed by atoms with Crippen molar-refractivity contribution < 1.29 is 9.53 Å². The number of aromatic nitrogens is 2. The molecule has 108 valence electrons. The second kappa shape index (κ2) is 8.14. The van der Waals surface area contributed by atoms with E-state index >= 15 is 0 Å². The molecule has 0 spiro atoms. The Hall–Kier alpha value is -1.11. The monoisotopic (exact) mass is 288 g/mol. The van der Waals surface area contributed by atoms with E-state index in [0.717, 1.165) is 25.1 Å². The Labute approximate surface area is 119 Å². The highest BCUT2D eigenvalue weighted by Crippen LogP contribution is 2.08. The molecule has 1 amide bonds. The van der Waals surface area contributed by atoms with Crippen LogP contribution in [0.1, 0.15) is 18.4 Å². The standard InChI is InChI=1S/C12H20N4O2.ClH/c1-18-11-4-5-13-8-10(11)16-12(17)3-2-9-6-14-15-7-9;/h6-7,10-11,13H,2-5,8H2,1H3,(H,14,15)(H,16,17);1H/t10-,11+;/m0./s1. The van der Waals surface area contributed by atoms with Crippen LogP contribution in [0.2, 0.25) is 0 Å². The van der Waals surface area contributed by atoms with Gasteiger partial charge in [0, 0.05) is 26.3 Å². The van der Waals surface area contributed by atoms with E-state index in [0.29, 0.717) is 12.8 Å². The predicted octanol–water partition coefficient (Wildman–Crippen LogP) is 0.257. The minimum atomic E-state index is 0. The zero-order valence-corrected chi connectivity index (χ0v) is 11.8. The van der Waals surface area contributed by atoms with Crippen LogP contribution in [0.3, 0.4) is 0 Å². The van der Waals surface area contributed by atoms with E-state index in [4.69, 9.17) is 4.74 Å². The summed E-state index contributed by atoms with van der Waals surface area (Å²) in [5, 5.41) is 12.9. The largest absolute Gasteiger partial charge is 0.379 e. The molecule has 6 nitrogen and oxygen atoms in total. The lowest BCUT2D eigenvalue weighted by Crippen LogP contribution is -2.54. The topological polar surface area (TPSA) is 79.0 Å². The molecule has 1 fully saturated rings. The van der Waals surface area contributed by atoms with Crippen molar-refractivity contribution in [3.8, 4) is 0 Å². The predicted molar refractivity (Wildman–Crippen MR) is 74.4 cm³/mol. The fraction of sp³-hybridized carbons (Fsp3) is 0.667. The Morgan fingerprint density at radius 3 is 3.16 bits per heavy atom. The van der Waals surface area contributed by atoms with E-state index in [2.05, 4.69) is 20.8 Å². The number of halogens is 1. The highest BCUT2D eigenvalue weighted by molar-refractivity contribution is 5.85. The van der Waals surface area contributed by atoms with Crippen LogP contribution in [0.5, 0.6) is 0 Å². The normalized spacial score (nSPS) is 22.6. The van der Waals surface area contributed by atoms with E-state index < -0.39 is 0 Å². The fourth-order valence-electron chi connectivity index (χ4n) is 2.21. The first-order chi connectivity index (χ1) is 8.79. The van der Waals surface area contributed by atoms with Crippen molar-refractivity contribution in [3.05, 3.63) is 18.0 Å². The summed E-state index contributed by atoms with van der Waals surface area (Å²) in [6.45, 7) is 1.72. The summed E-state index contributed by atoms with van der Waals surface area (Å²) >= 11 is 0. The van der Waals surface area contributed by atoms with Gasteiger partial charge in [-0.2, -0.15) is 5.10 Å². The van der Waals surface area contributed by atoms with Gasteiger partial charge in [-0.25, -0.2) is 0 Å². The van der Waals surface area contributed by atoms with Gasteiger partial charge in [0.25, 0.3) is 0 Å². The SMILES string of the molecule is CO[C@@H]1CCNC[C@@H]1NC(=O)CCc1cn[nH]c1.Cl. The first kappa shape index (κ1) is 15.9. The van der Waals surface area contributed by atoms with Gasteiger partial charge in [0.15, 0.2) is 0 Å². The van der Waals surface area contributed by atoms with Crippen molar-refractivity contribution >= 4 is 18.3 Å². The van der Waals surface area contributed by atoms with Gasteiger partial charge in [0.1, 0.15) is 0 Å². The number of methoxy groups -OCH3 is 1. The van der Waals surface area contributed by atoms with Gasteiger partial charge in [-0.15, -0.1) is 12.4 Å². The molecule has 1 aromatic heterocycles. The number of ether oxygens (including phenoxy) is 1. The lowest BCUT2D eigenvalue weighted by molar-refractivity contribution is -0.123. The molecule has 1 aliphatic heterocycles. The molecule has 0 unspecified atom stereocenters. The fourth-order valence-corrected chi connectivity index (χ4v) is 2.21. The number of nitrogens with one attached hydrogen (secondary N) is 3. The molecule has 0 radical (unpaired) electrons. The number of piperidine rings is 1. The summed E-state index contributed by atoms with van der Waals surface area (Å²) in [7, 11) is 1.70. The Morgan fingerprint density at radius 2 is 2.47 bits per heavy atom. The number of aromatic amines is 1. The number of carbonyl (C=O) groups excluding carboxylic acids is 1. The second-order valence-electron chi connectivity index (χ2n) is 4.55. The Bertz CT molecular complexity index is 372. The van der Waals surface area contributed by atoms with Crippen molar-refractivity contribution in [3.63, 3.8) is 0 Å². The molecule has 19 heavy (non-hydrogen) atoms. The van der Waals surface area contributed by atoms with E-state index in [1.807, 2.05) is 6.20 Å². The maximum atomic E-state index is 11.8. The van der Waals surface area contributed by atoms with Gasteiger partial charge in [-0.1, -0.05) is 0 Å². The Morgan fingerprint density at radius 1 is 1.63 bits per heavy atom. The lowest BCUT2D eigenvalue weighted by Gasteiger charge is -2.31. The molecule has 0 aromatic carbocycles. The van der Waals surface area contributed by atoms with Crippen LogP contribution in [-0.2, 0) is 16.0 Å². The van der Waals surface area contributed by atoms with Crippen LogP contribution < -0.4 is 10.6 Å². The molecule has 7 heteroatoms. The van der Waals surface area contributed by atoms with Crippen LogP contribution in [0.15, 0.2) is 12.4 Å². The molecule has 0 saturated carbocycles. The van der Waals surface area contributed by atoms with Crippen LogP contribution >= 0.6 is 12.4 Å². The van der Waals surface area contributed by atoms with Gasteiger partial charge in [-0.05, 0) is 24.9 Å². The molecule has 0 bridgehead atoms. The zero-order chi connectivity index (χ0) is 12.8. The average Bonchev–Trinajstić information content (AvgIpc) is 2.90. The summed E-state index contributed by atoms with van der Waals surface area (Å²) in [6, 6.07) is 0.0700. The number of H-pyrrole nitrogens is 1. The van der Waals surface area contributed by atoms with Crippen molar-refractivity contribution in [2.24, 2.45) is 0 Å². The smallest absolute Gasteiger partial charge is 0.220 e. The van der Waals surface area contributed by atoms with E-state index in [1.165, 1.54) is 0 Å². The third-order valence-electron chi connectivity index (χ3n) is 3.26. The Balaban J connectivity index is 0.00000180. The first-order valence-corrected chi connectivity index (χ1v) is 6.30. The minimum absolute atomic E-state index is 0. The van der Waals surface area contributed by atoms with E-state index in [1.54, 1.807) is 13.3 Å². The summed E-state index contributed by atoms with van der Waals surface area (Å²) in [4.78, 5) is 11.8. The number of hydrogen-bond donors (Lipinski definition) is 3. The third-order valence-corrected chi connectivity index (χ3v) is 3.26. The lowest BCUT2D eigenvalue weighted by atomic mass is 10.0. The van der Waals surface area contributed by atoms with Crippen molar-refractivity contribution in [2.45, 2.75) is 31.4 Å². The molecule has 0 aliphatic carbocycles. The van der Waals surface area contributed by atoms with Gasteiger partial charge in [0.2, 0.25) is 5.91 Å². The second-order valence-corrected chi connectivity index (χ2v) is 4.55. The van der Waals surface area contributed by atoms with Crippen molar-refractivity contribution in [1.82, 2.24) is 20.8 Å². The maximum absolute atomic E-state index is 11.8. The van der Waals surface area contributed by atoms with Crippen LogP contribution in [0.4, 0.5) is 0 Å². The highest BCUT2D eigenvalue weighted by atomic mass is 35.5. The number of hydrogen-bond acceptors (Lipinski definition) is 4. The molecular weight excluding hydrogens is 268 g/mol. The summed E-state index contributed by atoms with van der Waals surface area (Å²) in [5.41, 5.74) is 1.05. The van der Waals surface area contributed by atoms with Crippen LogP contribution in [0.25, 0.3) is 0 Å². The first-order valence-electron chi connectivity index (χ1n) is 6.30. The quantitative estimate of drug-likeness (QED) is 0.726. The minimum Gasteiger partial charge on any atom is -0.379 e. The molecule has 1 aliphatic rings. The van der Waals surface area contributed by atoms with Crippen LogP contribution in [-0.4, -0.2) is 48.4 Å². The molecule has 1 saturated heterocycles. The molecule has 2 rings (SSSR count). The molecular formula is C12H21ClN4O2. The molecule has 2 atom stereocenters. The van der Waals surface area contributed by atoms with Crippen molar-refractivity contribution in [1.29, 1.82) is 0 Å². The number of rotatable bonds is 5. The summed E-state index contributed by atoms with van der Waals surface area (Å²) in [6.07, 6.45) is 5.79. The number of aryl methyl sites for hydroxylation is 1. The summed E-state index contributed by atoms with van der Waals surface area (Å²) in [5.74, 6) is 0.0620. The number of carbonyl (C=O) groups is 1. The number of nitrogens with zero attached hydrogens (tertiary/aromatic N) is 1. The Kier molecular flexibility index (Phi) is 6.83. The average molecular weight is 289 g/mol. The van der Waals surface area contributed by atoms with Gasteiger partial charge >= 0.3 is 0 Å². The third kappa shape index (κ3) is 4.81. The number of amides is 1. The zero-order valence-electron chi connectivity index (χ0n) is 11.0. The van der Waals surface area contributed by atoms with Gasteiger partial charge in [-0.3, -0.25) is 9.89 Å². The molecule has 1 aromatic rings. The van der Waals surface area contributed by atoms with Gasteiger partial charge < -0.3 is 15.4 Å². The highest BCUT2D eigenvalue weighted by Gasteiger charge is 2.25. The summed E-state index contributed by atoms with van der Waals surface area (Å²) < 4.78 is 5.39. The van der Waals surface area contributed by atoms with E-state index in [-0.39, 0.29) is 30.5 Å². The molecule has 2 heterocycles. The molecule has 3 N–H and O–H groups in total. The van der Waals surface area contributed by atoms with Gasteiger partial charge in [0.05, 0.1) is 18.3 Å². The van der Waals surface area contributed by atoms with Crippen LogP contribution in [0, 0.1) is 0 Å².